The average Bonchev–Trinajstić information content (AvgIpc) is 3.21. The van der Waals surface area contributed by atoms with Gasteiger partial charge in [0.2, 0.25) is 0 Å². The molecule has 5 heteroatoms. The molecule has 2 unspecified atom stereocenters. The van der Waals surface area contributed by atoms with Crippen molar-refractivity contribution in [3.05, 3.63) is 45.5 Å². The molecule has 1 saturated carbocycles. The lowest BCUT2D eigenvalue weighted by atomic mass is 10.0. The third kappa shape index (κ3) is 2.71. The van der Waals surface area contributed by atoms with Crippen molar-refractivity contribution in [1.82, 2.24) is 10.2 Å². The quantitative estimate of drug-likeness (QED) is 0.841. The first kappa shape index (κ1) is 15.6. The second-order valence-electron chi connectivity index (χ2n) is 6.58. The van der Waals surface area contributed by atoms with Crippen LogP contribution in [0.4, 0.5) is 0 Å². The molecule has 2 aliphatic heterocycles. The van der Waals surface area contributed by atoms with Crippen molar-refractivity contribution in [2.24, 2.45) is 4.99 Å². The normalized spacial score (nSPS) is 27.8. The second-order valence-corrected chi connectivity index (χ2v) is 8.17. The van der Waals surface area contributed by atoms with E-state index in [2.05, 4.69) is 36.2 Å². The Morgan fingerprint density at radius 2 is 1.96 bits per heavy atom. The number of hydrogen-bond acceptors (Lipinski definition) is 4. The molecule has 1 aromatic rings. The minimum absolute atomic E-state index is 0.0647. The van der Waals surface area contributed by atoms with E-state index < -0.39 is 0 Å². The minimum atomic E-state index is 0.0647. The van der Waals surface area contributed by atoms with E-state index in [1.807, 2.05) is 12.1 Å². The molecular formula is C18H22ClN3S. The lowest BCUT2D eigenvalue weighted by Crippen LogP contribution is -2.48. The zero-order valence-corrected chi connectivity index (χ0v) is 15.1. The molecule has 1 fully saturated rings. The van der Waals surface area contributed by atoms with Crippen LogP contribution in [-0.4, -0.2) is 22.3 Å². The smallest absolute Gasteiger partial charge is 0.170 e. The standard InChI is InChI=1S/C18H22ClN3S/c1-11-12(2)23-18-21-16(14-9-5-6-10-15(14)19)17(22(11)18)20-13-7-3-4-8-13/h5-6,9-10,13,16-17,20H,3-4,7-8H2,1-2H3. The Labute approximate surface area is 147 Å². The van der Waals surface area contributed by atoms with Gasteiger partial charge in [-0.05, 0) is 38.3 Å². The maximum Gasteiger partial charge on any atom is 0.170 e. The van der Waals surface area contributed by atoms with Crippen molar-refractivity contribution in [2.45, 2.75) is 57.8 Å². The van der Waals surface area contributed by atoms with Crippen LogP contribution in [-0.2, 0) is 0 Å². The number of benzene rings is 1. The third-order valence-electron chi connectivity index (χ3n) is 5.13. The van der Waals surface area contributed by atoms with Gasteiger partial charge in [-0.15, -0.1) is 0 Å². The Balaban J connectivity index is 1.68. The number of allylic oxidation sites excluding steroid dienone is 2. The highest BCUT2D eigenvalue weighted by atomic mass is 35.5. The monoisotopic (exact) mass is 347 g/mol. The number of thioether (sulfide) groups is 1. The number of aliphatic imine (C=N–C) groups is 1. The molecule has 1 N–H and O–H groups in total. The van der Waals surface area contributed by atoms with Crippen molar-refractivity contribution in [3.63, 3.8) is 0 Å². The van der Waals surface area contributed by atoms with Crippen LogP contribution in [0.5, 0.6) is 0 Å². The molecule has 122 valence electrons. The second kappa shape index (κ2) is 6.15. The summed E-state index contributed by atoms with van der Waals surface area (Å²) >= 11 is 8.26. The molecular weight excluding hydrogens is 326 g/mol. The van der Waals surface area contributed by atoms with Gasteiger partial charge in [0.25, 0.3) is 0 Å². The maximum absolute atomic E-state index is 6.47. The van der Waals surface area contributed by atoms with Crippen LogP contribution in [0.25, 0.3) is 0 Å². The van der Waals surface area contributed by atoms with E-state index in [0.29, 0.717) is 6.04 Å². The molecule has 1 aromatic carbocycles. The molecule has 0 amide bonds. The number of nitrogens with zero attached hydrogens (tertiary/aromatic N) is 2. The molecule has 2 atom stereocenters. The average molecular weight is 348 g/mol. The highest BCUT2D eigenvalue weighted by Crippen LogP contribution is 2.45. The summed E-state index contributed by atoms with van der Waals surface area (Å²) in [6, 6.07) is 8.78. The van der Waals surface area contributed by atoms with E-state index >= 15 is 0 Å². The zero-order chi connectivity index (χ0) is 16.0. The molecule has 3 nitrogen and oxygen atoms in total. The molecule has 0 radical (unpaired) electrons. The van der Waals surface area contributed by atoms with Crippen molar-refractivity contribution < 1.29 is 0 Å². The molecule has 2 heterocycles. The number of rotatable bonds is 3. The SMILES string of the molecule is CC1=C(C)N2C(=NC(c3ccccc3Cl)C2NC2CCCC2)S1. The van der Waals surface area contributed by atoms with Gasteiger partial charge in [0.15, 0.2) is 5.17 Å². The summed E-state index contributed by atoms with van der Waals surface area (Å²) in [6.07, 6.45) is 5.38. The first-order valence-corrected chi connectivity index (χ1v) is 9.57. The van der Waals surface area contributed by atoms with Gasteiger partial charge >= 0.3 is 0 Å². The first-order valence-electron chi connectivity index (χ1n) is 8.38. The van der Waals surface area contributed by atoms with E-state index in [4.69, 9.17) is 16.6 Å². The van der Waals surface area contributed by atoms with Gasteiger partial charge in [-0.2, -0.15) is 0 Å². The number of hydrogen-bond donors (Lipinski definition) is 1. The van der Waals surface area contributed by atoms with Gasteiger partial charge in [0.1, 0.15) is 12.2 Å². The molecule has 0 aromatic heterocycles. The van der Waals surface area contributed by atoms with Gasteiger partial charge in [-0.3, -0.25) is 5.32 Å². The molecule has 0 spiro atoms. The summed E-state index contributed by atoms with van der Waals surface area (Å²) in [7, 11) is 0. The maximum atomic E-state index is 6.47. The summed E-state index contributed by atoms with van der Waals surface area (Å²) in [5, 5.41) is 5.80. The van der Waals surface area contributed by atoms with Gasteiger partial charge in [0.05, 0.1) is 0 Å². The van der Waals surface area contributed by atoms with Crippen LogP contribution in [0.1, 0.15) is 51.1 Å². The van der Waals surface area contributed by atoms with Gasteiger partial charge in [0, 0.05) is 21.7 Å². The van der Waals surface area contributed by atoms with Crippen LogP contribution in [0.2, 0.25) is 5.02 Å². The van der Waals surface area contributed by atoms with Gasteiger partial charge in [-0.1, -0.05) is 54.4 Å². The summed E-state index contributed by atoms with van der Waals surface area (Å²) in [4.78, 5) is 8.75. The van der Waals surface area contributed by atoms with E-state index in [1.165, 1.54) is 36.3 Å². The number of nitrogens with one attached hydrogen (secondary N) is 1. The summed E-state index contributed by atoms with van der Waals surface area (Å²) in [5.41, 5.74) is 2.44. The van der Waals surface area contributed by atoms with Crippen LogP contribution in [0.15, 0.2) is 39.9 Å². The summed E-state index contributed by atoms with van der Waals surface area (Å²) < 4.78 is 0. The summed E-state index contributed by atoms with van der Waals surface area (Å²) in [6.45, 7) is 4.38. The van der Waals surface area contributed by atoms with Gasteiger partial charge < -0.3 is 4.90 Å². The fraction of sp³-hybridized carbons (Fsp3) is 0.500. The Hall–Kier alpha value is -0.970. The Bertz CT molecular complexity index is 679. The largest absolute Gasteiger partial charge is 0.306 e. The molecule has 23 heavy (non-hydrogen) atoms. The lowest BCUT2D eigenvalue weighted by Gasteiger charge is -2.32. The molecule has 0 saturated heterocycles. The van der Waals surface area contributed by atoms with Gasteiger partial charge in [-0.25, -0.2) is 4.99 Å². The Kier molecular flexibility index (Phi) is 4.16. The van der Waals surface area contributed by atoms with E-state index in [1.54, 1.807) is 11.8 Å². The van der Waals surface area contributed by atoms with Crippen molar-refractivity contribution >= 4 is 28.5 Å². The highest BCUT2D eigenvalue weighted by Gasteiger charge is 2.43. The molecule has 3 aliphatic rings. The Morgan fingerprint density at radius 1 is 1.22 bits per heavy atom. The van der Waals surface area contributed by atoms with Crippen molar-refractivity contribution in [2.75, 3.05) is 0 Å². The number of halogens is 1. The predicted octanol–water partition coefficient (Wildman–Crippen LogP) is 4.91. The fourth-order valence-corrected chi connectivity index (χ4v) is 5.06. The van der Waals surface area contributed by atoms with Crippen LogP contribution in [0.3, 0.4) is 0 Å². The highest BCUT2D eigenvalue weighted by molar-refractivity contribution is 8.17. The third-order valence-corrected chi connectivity index (χ3v) is 6.56. The van der Waals surface area contributed by atoms with Crippen molar-refractivity contribution in [1.29, 1.82) is 0 Å². The van der Waals surface area contributed by atoms with E-state index in [9.17, 15) is 0 Å². The van der Waals surface area contributed by atoms with Crippen molar-refractivity contribution in [3.8, 4) is 0 Å². The minimum Gasteiger partial charge on any atom is -0.306 e. The molecule has 4 rings (SSSR count). The number of fused-ring (bicyclic) bond motifs is 1. The zero-order valence-electron chi connectivity index (χ0n) is 13.6. The van der Waals surface area contributed by atoms with E-state index in [0.717, 1.165) is 15.8 Å². The predicted molar refractivity (Wildman–Crippen MR) is 98.6 cm³/mol. The molecule has 1 aliphatic carbocycles. The topological polar surface area (TPSA) is 27.6 Å². The summed E-state index contributed by atoms with van der Waals surface area (Å²) in [5.74, 6) is 0. The Morgan fingerprint density at radius 3 is 2.70 bits per heavy atom. The van der Waals surface area contributed by atoms with E-state index in [-0.39, 0.29) is 12.2 Å². The van der Waals surface area contributed by atoms with Crippen LogP contribution in [0, 0.1) is 0 Å². The fourth-order valence-electron chi connectivity index (χ4n) is 3.77. The number of amidine groups is 1. The lowest BCUT2D eigenvalue weighted by molar-refractivity contribution is 0.272. The first-order chi connectivity index (χ1) is 11.1. The van der Waals surface area contributed by atoms with Crippen LogP contribution >= 0.6 is 23.4 Å². The molecule has 0 bridgehead atoms. The van der Waals surface area contributed by atoms with Crippen LogP contribution < -0.4 is 5.32 Å².